The number of nitrogens with zero attached hydrogens (tertiary/aromatic N) is 1. The normalized spacial score (nSPS) is 11.5. The minimum atomic E-state index is -4.86. The molecule has 5 heteroatoms. The molecule has 0 fully saturated rings. The summed E-state index contributed by atoms with van der Waals surface area (Å²) in [7, 11) is 0. The Balaban J connectivity index is 2.46. The molecule has 0 saturated carbocycles. The van der Waals surface area contributed by atoms with E-state index in [-0.39, 0.29) is 5.69 Å². The number of hydrogen-bond donors (Lipinski definition) is 0. The molecule has 0 radical (unpaired) electrons. The van der Waals surface area contributed by atoms with Gasteiger partial charge >= 0.3 is 6.18 Å². The summed E-state index contributed by atoms with van der Waals surface area (Å²) in [4.78, 5) is 11.2. The van der Waals surface area contributed by atoms with Gasteiger partial charge in [-0.1, -0.05) is 18.2 Å². The lowest BCUT2D eigenvalue weighted by molar-refractivity contribution is -0.0889. The fraction of sp³-hybridized carbons (Fsp3) is 0.0833. The van der Waals surface area contributed by atoms with Crippen LogP contribution in [-0.2, 0) is 0 Å². The first-order valence-electron chi connectivity index (χ1n) is 4.84. The molecule has 0 saturated heterocycles. The van der Waals surface area contributed by atoms with Gasteiger partial charge in [0.2, 0.25) is 0 Å². The average Bonchev–Trinajstić information content (AvgIpc) is 2.76. The number of carbonyl (C=O) groups excluding carboxylic acids is 1. The fourth-order valence-corrected chi connectivity index (χ4v) is 1.52. The lowest BCUT2D eigenvalue weighted by Crippen LogP contribution is -2.25. The van der Waals surface area contributed by atoms with Gasteiger partial charge in [0, 0.05) is 11.9 Å². The summed E-state index contributed by atoms with van der Waals surface area (Å²) in [5, 5.41) is 0. The quantitative estimate of drug-likeness (QED) is 0.737. The van der Waals surface area contributed by atoms with E-state index < -0.39 is 12.0 Å². The number of ketones is 1. The summed E-state index contributed by atoms with van der Waals surface area (Å²) < 4.78 is 38.3. The van der Waals surface area contributed by atoms with E-state index in [9.17, 15) is 18.0 Å². The van der Waals surface area contributed by atoms with Crippen LogP contribution in [0.3, 0.4) is 0 Å². The van der Waals surface area contributed by atoms with Gasteiger partial charge in [0.1, 0.15) is 0 Å². The highest BCUT2D eigenvalue weighted by Crippen LogP contribution is 2.23. The predicted octanol–water partition coefficient (Wildman–Crippen LogP) is 3.22. The Labute approximate surface area is 95.3 Å². The second-order valence-corrected chi connectivity index (χ2v) is 3.43. The molecule has 17 heavy (non-hydrogen) atoms. The first-order valence-corrected chi connectivity index (χ1v) is 4.84. The molecule has 0 atom stereocenters. The van der Waals surface area contributed by atoms with Crippen LogP contribution in [0.4, 0.5) is 13.2 Å². The second kappa shape index (κ2) is 4.08. The summed E-state index contributed by atoms with van der Waals surface area (Å²) >= 11 is 0. The summed E-state index contributed by atoms with van der Waals surface area (Å²) in [6.45, 7) is 0. The number of carbonyl (C=O) groups is 1. The highest BCUT2D eigenvalue weighted by atomic mass is 19.4. The van der Waals surface area contributed by atoms with Crippen LogP contribution in [0.25, 0.3) is 5.69 Å². The maximum Gasteiger partial charge on any atom is 0.456 e. The van der Waals surface area contributed by atoms with E-state index in [0.29, 0.717) is 5.69 Å². The van der Waals surface area contributed by atoms with E-state index >= 15 is 0 Å². The standard InChI is InChI=1S/C12H8F3NO/c13-12(14,15)11(17)10-7-4-8-16(10)9-5-2-1-3-6-9/h1-8H. The number of halogens is 3. The van der Waals surface area contributed by atoms with Gasteiger partial charge in [0.05, 0.1) is 5.69 Å². The third-order valence-corrected chi connectivity index (χ3v) is 2.27. The molecule has 1 aromatic carbocycles. The molecule has 1 aromatic heterocycles. The van der Waals surface area contributed by atoms with Gasteiger partial charge in [-0.2, -0.15) is 13.2 Å². The highest BCUT2D eigenvalue weighted by molar-refractivity contribution is 5.99. The van der Waals surface area contributed by atoms with Crippen LogP contribution in [0.2, 0.25) is 0 Å². The number of benzene rings is 1. The van der Waals surface area contributed by atoms with Crippen molar-refractivity contribution in [2.75, 3.05) is 0 Å². The average molecular weight is 239 g/mol. The van der Waals surface area contributed by atoms with Gasteiger partial charge in [-0.15, -0.1) is 0 Å². The van der Waals surface area contributed by atoms with E-state index in [4.69, 9.17) is 0 Å². The zero-order valence-electron chi connectivity index (χ0n) is 8.61. The molecule has 0 aliphatic heterocycles. The van der Waals surface area contributed by atoms with Crippen LogP contribution in [0, 0.1) is 0 Å². The number of Topliss-reactive ketones (excluding diaryl/α,β-unsaturated/α-hetero) is 1. The molecular formula is C12H8F3NO. The van der Waals surface area contributed by atoms with Crippen molar-refractivity contribution >= 4 is 5.78 Å². The number of aromatic nitrogens is 1. The van der Waals surface area contributed by atoms with E-state index in [2.05, 4.69) is 0 Å². The molecule has 0 spiro atoms. The molecule has 2 aromatic rings. The monoisotopic (exact) mass is 239 g/mol. The van der Waals surface area contributed by atoms with Crippen LogP contribution in [0.5, 0.6) is 0 Å². The Kier molecular flexibility index (Phi) is 2.75. The highest BCUT2D eigenvalue weighted by Gasteiger charge is 2.40. The van der Waals surface area contributed by atoms with Gasteiger partial charge in [0.25, 0.3) is 5.78 Å². The van der Waals surface area contributed by atoms with Crippen molar-refractivity contribution in [1.29, 1.82) is 0 Å². The summed E-state index contributed by atoms with van der Waals surface area (Å²) in [5.41, 5.74) is 0.133. The molecule has 2 nitrogen and oxygen atoms in total. The van der Waals surface area contributed by atoms with Crippen molar-refractivity contribution < 1.29 is 18.0 Å². The molecule has 0 N–H and O–H groups in total. The van der Waals surface area contributed by atoms with Crippen molar-refractivity contribution in [3.8, 4) is 5.69 Å². The van der Waals surface area contributed by atoms with Gasteiger partial charge in [0.15, 0.2) is 0 Å². The molecule has 2 rings (SSSR count). The van der Waals surface area contributed by atoms with Gasteiger partial charge in [-0.3, -0.25) is 4.79 Å². The Morgan fingerprint density at radius 2 is 1.65 bits per heavy atom. The van der Waals surface area contributed by atoms with Gasteiger partial charge in [-0.05, 0) is 24.3 Å². The lowest BCUT2D eigenvalue weighted by atomic mass is 10.2. The van der Waals surface area contributed by atoms with Crippen molar-refractivity contribution in [2.24, 2.45) is 0 Å². The van der Waals surface area contributed by atoms with E-state index in [1.807, 2.05) is 0 Å². The predicted molar refractivity (Wildman–Crippen MR) is 56.2 cm³/mol. The van der Waals surface area contributed by atoms with Crippen molar-refractivity contribution in [1.82, 2.24) is 4.57 Å². The number of hydrogen-bond acceptors (Lipinski definition) is 1. The first-order chi connectivity index (χ1) is 8.00. The molecule has 0 amide bonds. The fourth-order valence-electron chi connectivity index (χ4n) is 1.52. The summed E-state index contributed by atoms with van der Waals surface area (Å²) in [6.07, 6.45) is -3.43. The summed E-state index contributed by atoms with van der Waals surface area (Å²) in [5.74, 6) is -1.84. The van der Waals surface area contributed by atoms with Crippen LogP contribution in [0.1, 0.15) is 10.5 Å². The lowest BCUT2D eigenvalue weighted by Gasteiger charge is -2.09. The van der Waals surface area contributed by atoms with Crippen LogP contribution in [-0.4, -0.2) is 16.5 Å². The minimum absolute atomic E-state index is 0.385. The zero-order chi connectivity index (χ0) is 12.5. The minimum Gasteiger partial charge on any atom is -0.314 e. The van der Waals surface area contributed by atoms with Crippen molar-refractivity contribution in [3.63, 3.8) is 0 Å². The van der Waals surface area contributed by atoms with E-state index in [1.165, 1.54) is 16.8 Å². The third kappa shape index (κ3) is 2.22. The zero-order valence-corrected chi connectivity index (χ0v) is 8.61. The van der Waals surface area contributed by atoms with Crippen molar-refractivity contribution in [2.45, 2.75) is 6.18 Å². The number of para-hydroxylation sites is 1. The van der Waals surface area contributed by atoms with E-state index in [0.717, 1.165) is 6.07 Å². The Bertz CT molecular complexity index is 528. The Hall–Kier alpha value is -2.04. The maximum absolute atomic E-state index is 12.3. The van der Waals surface area contributed by atoms with E-state index in [1.54, 1.807) is 30.3 Å². The van der Waals surface area contributed by atoms with Crippen molar-refractivity contribution in [3.05, 3.63) is 54.4 Å². The van der Waals surface area contributed by atoms with Gasteiger partial charge in [-0.25, -0.2) is 0 Å². The molecule has 88 valence electrons. The van der Waals surface area contributed by atoms with Crippen LogP contribution < -0.4 is 0 Å². The second-order valence-electron chi connectivity index (χ2n) is 3.43. The summed E-state index contributed by atoms with van der Waals surface area (Å²) in [6, 6.07) is 11.0. The molecule has 0 aliphatic rings. The smallest absolute Gasteiger partial charge is 0.314 e. The Morgan fingerprint density at radius 3 is 2.24 bits per heavy atom. The van der Waals surface area contributed by atoms with Gasteiger partial charge < -0.3 is 4.57 Å². The maximum atomic E-state index is 12.3. The topological polar surface area (TPSA) is 22.0 Å². The molecule has 1 heterocycles. The SMILES string of the molecule is O=C(c1cccn1-c1ccccc1)C(F)(F)F. The third-order valence-electron chi connectivity index (χ3n) is 2.27. The number of alkyl halides is 3. The first kappa shape index (κ1) is 11.4. The molecular weight excluding hydrogens is 231 g/mol. The van der Waals surface area contributed by atoms with Crippen LogP contribution in [0.15, 0.2) is 48.7 Å². The molecule has 0 aliphatic carbocycles. The molecule has 0 bridgehead atoms. The molecule has 0 unspecified atom stereocenters. The van der Waals surface area contributed by atoms with Crippen LogP contribution >= 0.6 is 0 Å². The number of rotatable bonds is 2. The largest absolute Gasteiger partial charge is 0.456 e. The Morgan fingerprint density at radius 1 is 1.00 bits per heavy atom.